The van der Waals surface area contributed by atoms with E-state index in [2.05, 4.69) is 154 Å². The Labute approximate surface area is 243 Å². The van der Waals surface area contributed by atoms with Gasteiger partial charge in [-0.3, -0.25) is 0 Å². The highest BCUT2D eigenvalue weighted by molar-refractivity contribution is 6.90. The minimum absolute atomic E-state index is 0.0368. The first kappa shape index (κ1) is 24.6. The second kappa shape index (κ2) is 8.16. The minimum atomic E-state index is 0.0368. The number of hydrogen-bond acceptors (Lipinski definition) is 1. The summed E-state index contributed by atoms with van der Waals surface area (Å²) in [5.41, 5.74) is 14.7. The third-order valence-electron chi connectivity index (χ3n) is 9.26. The van der Waals surface area contributed by atoms with E-state index < -0.39 is 0 Å². The summed E-state index contributed by atoms with van der Waals surface area (Å²) in [6.45, 7) is 14.0. The van der Waals surface area contributed by atoms with Gasteiger partial charge in [-0.2, -0.15) is 0 Å². The molecule has 5 aromatic carbocycles. The Bertz CT molecular complexity index is 2020. The molecule has 0 radical (unpaired) electrons. The molecule has 6 aromatic rings. The van der Waals surface area contributed by atoms with Crippen LogP contribution in [-0.2, 0) is 10.8 Å². The molecule has 2 aliphatic heterocycles. The van der Waals surface area contributed by atoms with Crippen molar-refractivity contribution in [2.45, 2.75) is 52.4 Å². The molecule has 3 heteroatoms. The summed E-state index contributed by atoms with van der Waals surface area (Å²) in [5.74, 6) is 0. The molecule has 200 valence electrons. The van der Waals surface area contributed by atoms with Crippen molar-refractivity contribution in [1.82, 2.24) is 4.48 Å². The van der Waals surface area contributed by atoms with Crippen molar-refractivity contribution in [3.05, 3.63) is 114 Å². The van der Waals surface area contributed by atoms with Crippen molar-refractivity contribution in [3.8, 4) is 11.1 Å². The van der Waals surface area contributed by atoms with Crippen LogP contribution in [0.4, 0.5) is 17.1 Å². The maximum absolute atomic E-state index is 2.66. The monoisotopic (exact) mass is 530 g/mol. The van der Waals surface area contributed by atoms with E-state index in [-0.39, 0.29) is 17.7 Å². The number of aromatic nitrogens is 1. The normalized spacial score (nSPS) is 14.0. The zero-order valence-corrected chi connectivity index (χ0v) is 24.8. The van der Waals surface area contributed by atoms with E-state index in [1.54, 1.807) is 0 Å². The Morgan fingerprint density at radius 2 is 1.24 bits per heavy atom. The van der Waals surface area contributed by atoms with Gasteiger partial charge in [0.1, 0.15) is 0 Å². The van der Waals surface area contributed by atoms with Crippen molar-refractivity contribution in [2.24, 2.45) is 0 Å². The predicted molar refractivity (Wildman–Crippen MR) is 177 cm³/mol. The molecular formula is C38H35BN2. The van der Waals surface area contributed by atoms with E-state index in [1.165, 1.54) is 72.0 Å². The zero-order chi connectivity index (χ0) is 28.3. The molecule has 0 N–H and O–H groups in total. The van der Waals surface area contributed by atoms with Crippen LogP contribution in [0.15, 0.2) is 103 Å². The average Bonchev–Trinajstić information content (AvgIpc) is 3.28. The molecule has 1 aromatic heterocycles. The molecule has 0 amide bonds. The standard InChI is InChI=1S/C38H35BN2/c1-37(2,3)24-19-20-32-28(21-24)30-23-25(38(4,5)6)22-29-27-15-12-18-34-35(27)39(41(32)36(29)30)31-16-10-11-17-33(31)40(34)26-13-8-7-9-14-26/h7-23H,1-6H3. The summed E-state index contributed by atoms with van der Waals surface area (Å²) in [4.78, 5) is 2.46. The molecule has 0 saturated heterocycles. The van der Waals surface area contributed by atoms with Gasteiger partial charge in [0.15, 0.2) is 0 Å². The number of para-hydroxylation sites is 2. The summed E-state index contributed by atoms with van der Waals surface area (Å²) in [6.07, 6.45) is 0. The Morgan fingerprint density at radius 1 is 0.561 bits per heavy atom. The van der Waals surface area contributed by atoms with Crippen LogP contribution in [0.5, 0.6) is 0 Å². The predicted octanol–water partition coefficient (Wildman–Crippen LogP) is 8.81. The maximum atomic E-state index is 2.66. The molecule has 0 unspecified atom stereocenters. The topological polar surface area (TPSA) is 8.17 Å². The van der Waals surface area contributed by atoms with E-state index in [1.807, 2.05) is 0 Å². The molecule has 2 nitrogen and oxygen atoms in total. The lowest BCUT2D eigenvalue weighted by molar-refractivity contribution is 0.590. The van der Waals surface area contributed by atoms with Crippen LogP contribution in [0.2, 0.25) is 0 Å². The molecular weight excluding hydrogens is 495 g/mol. The SMILES string of the molecule is CC(C)(C)c1ccc2c(c1)c1cc(C(C)(C)C)cc3c1n2B1c2ccccc2N(c2ccccc2)c2cccc-3c21. The first-order chi connectivity index (χ1) is 19.6. The van der Waals surface area contributed by atoms with Crippen LogP contribution < -0.4 is 15.8 Å². The molecule has 41 heavy (non-hydrogen) atoms. The van der Waals surface area contributed by atoms with Gasteiger partial charge >= 0.3 is 6.85 Å². The average molecular weight is 531 g/mol. The van der Waals surface area contributed by atoms with Crippen molar-refractivity contribution in [1.29, 1.82) is 0 Å². The Hall–Kier alpha value is -4.24. The van der Waals surface area contributed by atoms with Gasteiger partial charge in [0.25, 0.3) is 0 Å². The summed E-state index contributed by atoms with van der Waals surface area (Å²) in [7, 11) is 0. The van der Waals surface area contributed by atoms with E-state index in [4.69, 9.17) is 0 Å². The second-order valence-corrected chi connectivity index (χ2v) is 13.9. The van der Waals surface area contributed by atoms with Crippen molar-refractivity contribution >= 4 is 56.6 Å². The lowest BCUT2D eigenvalue weighted by Gasteiger charge is -2.40. The number of anilines is 3. The highest BCUT2D eigenvalue weighted by atomic mass is 15.2. The third kappa shape index (κ3) is 3.38. The summed E-state index contributed by atoms with van der Waals surface area (Å²) in [6, 6.07) is 38.9. The fourth-order valence-corrected chi connectivity index (χ4v) is 7.16. The Morgan fingerprint density at radius 3 is 2.00 bits per heavy atom. The molecule has 2 aliphatic rings. The van der Waals surface area contributed by atoms with Gasteiger partial charge in [-0.15, -0.1) is 0 Å². The molecule has 3 heterocycles. The fraction of sp³-hybridized carbons (Fsp3) is 0.211. The minimum Gasteiger partial charge on any atom is -0.375 e. The third-order valence-corrected chi connectivity index (χ3v) is 9.26. The van der Waals surface area contributed by atoms with Gasteiger partial charge in [-0.1, -0.05) is 96.1 Å². The molecule has 0 bridgehead atoms. The zero-order valence-electron chi connectivity index (χ0n) is 24.8. The Kier molecular flexibility index (Phi) is 4.89. The van der Waals surface area contributed by atoms with Gasteiger partial charge in [0.2, 0.25) is 0 Å². The van der Waals surface area contributed by atoms with Crippen LogP contribution in [0.3, 0.4) is 0 Å². The van der Waals surface area contributed by atoms with Crippen molar-refractivity contribution in [2.75, 3.05) is 4.90 Å². The number of hydrogen-bond donors (Lipinski definition) is 0. The highest BCUT2D eigenvalue weighted by Crippen LogP contribution is 2.46. The van der Waals surface area contributed by atoms with Gasteiger partial charge in [-0.05, 0) is 87.0 Å². The first-order valence-electron chi connectivity index (χ1n) is 14.8. The second-order valence-electron chi connectivity index (χ2n) is 13.9. The summed E-state index contributed by atoms with van der Waals surface area (Å²) >= 11 is 0. The first-order valence-corrected chi connectivity index (χ1v) is 14.8. The van der Waals surface area contributed by atoms with Crippen molar-refractivity contribution in [3.63, 3.8) is 0 Å². The van der Waals surface area contributed by atoms with Gasteiger partial charge < -0.3 is 9.38 Å². The number of fused-ring (bicyclic) bond motifs is 7. The van der Waals surface area contributed by atoms with E-state index in [9.17, 15) is 0 Å². The largest absolute Gasteiger partial charge is 0.375 e. The fourth-order valence-electron chi connectivity index (χ4n) is 7.16. The van der Waals surface area contributed by atoms with Crippen LogP contribution in [0, 0.1) is 0 Å². The van der Waals surface area contributed by atoms with Crippen LogP contribution in [0.1, 0.15) is 52.7 Å². The Balaban J connectivity index is 1.56. The van der Waals surface area contributed by atoms with Crippen molar-refractivity contribution < 1.29 is 0 Å². The lowest BCUT2D eigenvalue weighted by Crippen LogP contribution is -2.56. The van der Waals surface area contributed by atoms with E-state index in [0.29, 0.717) is 0 Å². The summed E-state index contributed by atoms with van der Waals surface area (Å²) in [5, 5.41) is 2.73. The van der Waals surface area contributed by atoms with Gasteiger partial charge in [0, 0.05) is 44.4 Å². The summed E-state index contributed by atoms with van der Waals surface area (Å²) < 4.78 is 2.66. The quantitative estimate of drug-likeness (QED) is 0.193. The number of nitrogens with zero attached hydrogens (tertiary/aromatic N) is 2. The number of benzene rings is 5. The van der Waals surface area contributed by atoms with Crippen LogP contribution >= 0.6 is 0 Å². The number of rotatable bonds is 1. The smallest absolute Gasteiger partial charge is 0.333 e. The van der Waals surface area contributed by atoms with E-state index in [0.717, 1.165) is 0 Å². The molecule has 0 atom stereocenters. The molecule has 0 spiro atoms. The van der Waals surface area contributed by atoms with Crippen LogP contribution in [0.25, 0.3) is 32.9 Å². The lowest BCUT2D eigenvalue weighted by atomic mass is 9.45. The molecule has 0 saturated carbocycles. The molecule has 0 aliphatic carbocycles. The van der Waals surface area contributed by atoms with Gasteiger partial charge in [0.05, 0.1) is 0 Å². The molecule has 0 fully saturated rings. The van der Waals surface area contributed by atoms with Gasteiger partial charge in [-0.25, -0.2) is 0 Å². The van der Waals surface area contributed by atoms with E-state index >= 15 is 0 Å². The maximum Gasteiger partial charge on any atom is 0.333 e. The highest BCUT2D eigenvalue weighted by Gasteiger charge is 2.42. The van der Waals surface area contributed by atoms with Crippen LogP contribution in [-0.4, -0.2) is 11.3 Å². The molecule has 8 rings (SSSR count).